The van der Waals surface area contributed by atoms with Crippen molar-refractivity contribution in [1.29, 1.82) is 0 Å². The number of aryl methyl sites for hydroxylation is 3. The maximum Gasteiger partial charge on any atom is 0.0754 e. The van der Waals surface area contributed by atoms with Crippen molar-refractivity contribution < 1.29 is 0 Å². The van der Waals surface area contributed by atoms with E-state index < -0.39 is 0 Å². The molecule has 140 valence electrons. The van der Waals surface area contributed by atoms with Crippen LogP contribution >= 0.6 is 31.9 Å². The zero-order chi connectivity index (χ0) is 19.3. The van der Waals surface area contributed by atoms with Crippen LogP contribution < -0.4 is 0 Å². The van der Waals surface area contributed by atoms with Gasteiger partial charge < -0.3 is 9.13 Å². The van der Waals surface area contributed by atoms with Crippen molar-refractivity contribution in [2.24, 2.45) is 0 Å². The number of aromatic nitrogens is 2. The number of hydrogen-bond donors (Lipinski definition) is 0. The Labute approximate surface area is 180 Å². The van der Waals surface area contributed by atoms with Crippen LogP contribution in [-0.4, -0.2) is 9.13 Å². The summed E-state index contributed by atoms with van der Waals surface area (Å²) in [4.78, 5) is 0. The van der Waals surface area contributed by atoms with Gasteiger partial charge in [0, 0.05) is 54.1 Å². The van der Waals surface area contributed by atoms with Gasteiger partial charge in [-0.3, -0.25) is 0 Å². The van der Waals surface area contributed by atoms with Gasteiger partial charge in [0.25, 0.3) is 0 Å². The Bertz CT molecular complexity index is 1470. The minimum atomic E-state index is 0.458. The third-order valence-corrected chi connectivity index (χ3v) is 8.56. The van der Waals surface area contributed by atoms with Crippen molar-refractivity contribution in [3.8, 4) is 0 Å². The van der Waals surface area contributed by atoms with Crippen molar-refractivity contribution in [3.63, 3.8) is 0 Å². The normalized spacial score (nSPS) is 16.8. The second kappa shape index (κ2) is 5.64. The molecule has 0 radical (unpaired) electrons. The predicted octanol–water partition coefficient (Wildman–Crippen LogP) is 8.01. The van der Waals surface area contributed by atoms with Crippen molar-refractivity contribution >= 4 is 75.5 Å². The molecule has 0 amide bonds. The van der Waals surface area contributed by atoms with Gasteiger partial charge in [-0.2, -0.15) is 0 Å². The third kappa shape index (κ3) is 1.98. The van der Waals surface area contributed by atoms with Crippen LogP contribution in [0.25, 0.3) is 43.6 Å². The van der Waals surface area contributed by atoms with Gasteiger partial charge in [-0.25, -0.2) is 0 Å². The highest BCUT2D eigenvalue weighted by atomic mass is 79.9. The van der Waals surface area contributed by atoms with Gasteiger partial charge in [-0.1, -0.05) is 23.3 Å². The fourth-order valence-corrected chi connectivity index (χ4v) is 6.37. The zero-order valence-corrected chi connectivity index (χ0v) is 19.3. The number of halogens is 2. The summed E-state index contributed by atoms with van der Waals surface area (Å²) >= 11 is 7.94. The van der Waals surface area contributed by atoms with Gasteiger partial charge in [0.05, 0.1) is 11.0 Å². The average molecular weight is 496 g/mol. The lowest BCUT2D eigenvalue weighted by atomic mass is 10.1. The molecule has 0 spiro atoms. The van der Waals surface area contributed by atoms with Crippen molar-refractivity contribution in [1.82, 2.24) is 9.13 Å². The molecule has 2 nitrogen and oxygen atoms in total. The van der Waals surface area contributed by atoms with E-state index in [9.17, 15) is 0 Å². The molecule has 0 aliphatic carbocycles. The molecule has 6 rings (SSSR count). The number of nitrogens with zero attached hydrogens (tertiary/aromatic N) is 2. The summed E-state index contributed by atoms with van der Waals surface area (Å²) in [6.45, 7) is 7.76. The second-order valence-electron chi connectivity index (χ2n) is 8.28. The molecule has 5 aromatic rings. The first kappa shape index (κ1) is 17.1. The first-order chi connectivity index (χ1) is 13.5. The van der Waals surface area contributed by atoms with Crippen LogP contribution in [0.4, 0.5) is 0 Å². The van der Waals surface area contributed by atoms with Crippen LogP contribution in [0.5, 0.6) is 0 Å². The molecule has 28 heavy (non-hydrogen) atoms. The molecule has 0 saturated heterocycles. The summed E-state index contributed by atoms with van der Waals surface area (Å²) in [5, 5.41) is 5.33. The van der Waals surface area contributed by atoms with Crippen LogP contribution in [0, 0.1) is 13.8 Å². The molecule has 0 N–H and O–H groups in total. The standard InChI is InChI=1S/C24H20Br2N2/c1-12-4-6-17-15(10-12)19-21(25)22(26)20-16-11-13(2)5-7-18(16)28-14(3)8-9-27(17)23(19)24(20)28/h4-7,10-11,14H,8-9H2,1-3H3. The fourth-order valence-electron chi connectivity index (χ4n) is 5.17. The molecule has 1 aliphatic rings. The maximum absolute atomic E-state index is 3.97. The predicted molar refractivity (Wildman–Crippen MR) is 127 cm³/mol. The second-order valence-corrected chi connectivity index (χ2v) is 9.86. The number of hydrogen-bond acceptors (Lipinski definition) is 0. The van der Waals surface area contributed by atoms with Crippen LogP contribution in [0.1, 0.15) is 30.5 Å². The van der Waals surface area contributed by atoms with Gasteiger partial charge in [0.15, 0.2) is 0 Å². The Kier molecular flexibility index (Phi) is 3.45. The SMILES string of the molecule is Cc1ccc2c(c1)c1c(Br)c(Br)c3c4cc(C)ccc4n4c3c1n2CCC4C. The van der Waals surface area contributed by atoms with Crippen LogP contribution in [-0.2, 0) is 6.54 Å². The summed E-state index contributed by atoms with van der Waals surface area (Å²) in [6, 6.07) is 14.2. The van der Waals surface area contributed by atoms with E-state index in [-0.39, 0.29) is 0 Å². The first-order valence-corrected chi connectivity index (χ1v) is 11.4. The fraction of sp³-hybridized carbons (Fsp3) is 0.250. The lowest BCUT2D eigenvalue weighted by Gasteiger charge is -2.15. The quantitative estimate of drug-likeness (QED) is 0.206. The van der Waals surface area contributed by atoms with Crippen LogP contribution in [0.2, 0.25) is 0 Å². The smallest absolute Gasteiger partial charge is 0.0754 e. The highest BCUT2D eigenvalue weighted by Crippen LogP contribution is 2.49. The van der Waals surface area contributed by atoms with Crippen LogP contribution in [0.15, 0.2) is 45.3 Å². The number of benzene rings is 3. The molecule has 1 unspecified atom stereocenters. The maximum atomic E-state index is 3.97. The molecule has 1 aliphatic heterocycles. The summed E-state index contributed by atoms with van der Waals surface area (Å²) in [7, 11) is 0. The van der Waals surface area contributed by atoms with E-state index in [2.05, 4.69) is 98.2 Å². The van der Waals surface area contributed by atoms with Gasteiger partial charge in [-0.05, 0) is 83.3 Å². The minimum Gasteiger partial charge on any atom is -0.339 e. The summed E-state index contributed by atoms with van der Waals surface area (Å²) in [6.07, 6.45) is 1.13. The van der Waals surface area contributed by atoms with E-state index in [1.807, 2.05) is 0 Å². The van der Waals surface area contributed by atoms with Gasteiger partial charge >= 0.3 is 0 Å². The molecule has 0 bridgehead atoms. The average Bonchev–Trinajstić information content (AvgIpc) is 3.11. The highest BCUT2D eigenvalue weighted by molar-refractivity contribution is 9.13. The van der Waals surface area contributed by atoms with E-state index in [0.29, 0.717) is 6.04 Å². The summed E-state index contributed by atoms with van der Waals surface area (Å²) in [5.41, 5.74) is 8.01. The van der Waals surface area contributed by atoms with Gasteiger partial charge in [0.2, 0.25) is 0 Å². The molecule has 0 saturated carbocycles. The van der Waals surface area contributed by atoms with E-state index in [1.165, 1.54) is 63.7 Å². The lowest BCUT2D eigenvalue weighted by molar-refractivity contribution is 0.506. The molecular weight excluding hydrogens is 476 g/mol. The van der Waals surface area contributed by atoms with E-state index in [1.54, 1.807) is 0 Å². The third-order valence-electron chi connectivity index (χ3n) is 6.44. The zero-order valence-electron chi connectivity index (χ0n) is 16.1. The van der Waals surface area contributed by atoms with Crippen molar-refractivity contribution in [3.05, 3.63) is 56.5 Å². The Morgan fingerprint density at radius 3 is 2.07 bits per heavy atom. The van der Waals surface area contributed by atoms with E-state index in [4.69, 9.17) is 0 Å². The molecule has 3 aromatic carbocycles. The van der Waals surface area contributed by atoms with Gasteiger partial charge in [-0.15, -0.1) is 0 Å². The monoisotopic (exact) mass is 494 g/mol. The van der Waals surface area contributed by atoms with Crippen LogP contribution in [0.3, 0.4) is 0 Å². The number of rotatable bonds is 0. The first-order valence-electron chi connectivity index (χ1n) is 9.81. The molecule has 1 atom stereocenters. The molecule has 3 heterocycles. The topological polar surface area (TPSA) is 9.86 Å². The number of fused-ring (bicyclic) bond motifs is 6. The summed E-state index contributed by atoms with van der Waals surface area (Å²) in [5.74, 6) is 0. The molecule has 2 aromatic heterocycles. The highest BCUT2D eigenvalue weighted by Gasteiger charge is 2.28. The van der Waals surface area contributed by atoms with Gasteiger partial charge in [0.1, 0.15) is 0 Å². The van der Waals surface area contributed by atoms with Crippen molar-refractivity contribution in [2.75, 3.05) is 0 Å². The Morgan fingerprint density at radius 1 is 0.821 bits per heavy atom. The van der Waals surface area contributed by atoms with Crippen molar-refractivity contribution in [2.45, 2.75) is 39.8 Å². The molecule has 4 heteroatoms. The van der Waals surface area contributed by atoms with E-state index >= 15 is 0 Å². The Hall–Kier alpha value is -1.78. The largest absolute Gasteiger partial charge is 0.339 e. The Balaban J connectivity index is 2.03. The lowest BCUT2D eigenvalue weighted by Crippen LogP contribution is -2.05. The molecule has 0 fully saturated rings. The molecular formula is C24H20Br2N2. The minimum absolute atomic E-state index is 0.458. The summed E-state index contributed by atoms with van der Waals surface area (Å²) < 4.78 is 7.47. The Morgan fingerprint density at radius 2 is 1.39 bits per heavy atom. The van der Waals surface area contributed by atoms with E-state index in [0.717, 1.165) is 13.0 Å².